The van der Waals surface area contributed by atoms with E-state index in [2.05, 4.69) is 10.6 Å². The SMILES string of the molecule is CCCC(NC(=O)c1ccc2c(c1)NC(=O)CCN2C)C(=O)O. The number of hydrogen-bond acceptors (Lipinski definition) is 4. The van der Waals surface area contributed by atoms with Crippen LogP contribution in [0.5, 0.6) is 0 Å². The van der Waals surface area contributed by atoms with Crippen molar-refractivity contribution in [2.45, 2.75) is 32.2 Å². The molecule has 1 aromatic carbocycles. The summed E-state index contributed by atoms with van der Waals surface area (Å²) < 4.78 is 0. The van der Waals surface area contributed by atoms with Gasteiger partial charge in [0.25, 0.3) is 5.91 Å². The van der Waals surface area contributed by atoms with Crippen LogP contribution in [0.1, 0.15) is 36.5 Å². The lowest BCUT2D eigenvalue weighted by Crippen LogP contribution is -2.40. The zero-order valence-corrected chi connectivity index (χ0v) is 13.3. The Morgan fingerprint density at radius 2 is 2.17 bits per heavy atom. The first kappa shape index (κ1) is 16.8. The summed E-state index contributed by atoms with van der Waals surface area (Å²) in [6.45, 7) is 2.46. The number of aliphatic carboxylic acids is 1. The second kappa shape index (κ2) is 7.13. The molecule has 1 atom stereocenters. The standard InChI is InChI=1S/C16H21N3O4/c1-3-4-11(16(22)23)18-15(21)10-5-6-13-12(9-10)17-14(20)7-8-19(13)2/h5-6,9,11H,3-4,7-8H2,1-2H3,(H,17,20)(H,18,21)(H,22,23). The van der Waals surface area contributed by atoms with Crippen molar-refractivity contribution in [2.75, 3.05) is 23.8 Å². The van der Waals surface area contributed by atoms with Crippen molar-refractivity contribution < 1.29 is 19.5 Å². The van der Waals surface area contributed by atoms with Crippen LogP contribution in [-0.2, 0) is 9.59 Å². The fraction of sp³-hybridized carbons (Fsp3) is 0.438. The van der Waals surface area contributed by atoms with Gasteiger partial charge in [-0.2, -0.15) is 0 Å². The maximum absolute atomic E-state index is 12.3. The number of fused-ring (bicyclic) bond motifs is 1. The van der Waals surface area contributed by atoms with Crippen LogP contribution in [0.3, 0.4) is 0 Å². The number of rotatable bonds is 5. The second-order valence-electron chi connectivity index (χ2n) is 5.60. The molecule has 1 aliphatic rings. The lowest BCUT2D eigenvalue weighted by Gasteiger charge is -2.19. The Hall–Kier alpha value is -2.57. The molecule has 2 rings (SSSR count). The molecule has 23 heavy (non-hydrogen) atoms. The highest BCUT2D eigenvalue weighted by Crippen LogP contribution is 2.28. The van der Waals surface area contributed by atoms with Crippen molar-refractivity contribution >= 4 is 29.2 Å². The lowest BCUT2D eigenvalue weighted by atomic mass is 10.1. The lowest BCUT2D eigenvalue weighted by molar-refractivity contribution is -0.139. The Morgan fingerprint density at radius 1 is 1.43 bits per heavy atom. The van der Waals surface area contributed by atoms with E-state index in [1.807, 2.05) is 18.9 Å². The summed E-state index contributed by atoms with van der Waals surface area (Å²) in [5.41, 5.74) is 1.71. The van der Waals surface area contributed by atoms with Crippen molar-refractivity contribution in [3.05, 3.63) is 23.8 Å². The zero-order valence-electron chi connectivity index (χ0n) is 13.3. The number of amides is 2. The van der Waals surface area contributed by atoms with Gasteiger partial charge in [0, 0.05) is 25.6 Å². The molecule has 1 unspecified atom stereocenters. The molecule has 0 aliphatic carbocycles. The number of anilines is 2. The number of hydrogen-bond donors (Lipinski definition) is 3. The zero-order chi connectivity index (χ0) is 17.0. The second-order valence-corrected chi connectivity index (χ2v) is 5.60. The van der Waals surface area contributed by atoms with Gasteiger partial charge in [-0.1, -0.05) is 13.3 Å². The first-order valence-electron chi connectivity index (χ1n) is 7.61. The van der Waals surface area contributed by atoms with Gasteiger partial charge in [-0.25, -0.2) is 4.79 Å². The highest BCUT2D eigenvalue weighted by molar-refractivity contribution is 6.01. The molecular weight excluding hydrogens is 298 g/mol. The summed E-state index contributed by atoms with van der Waals surface area (Å²) in [6, 6.07) is 4.05. The normalized spacial score (nSPS) is 15.2. The Balaban J connectivity index is 2.22. The molecule has 1 aliphatic heterocycles. The topological polar surface area (TPSA) is 98.7 Å². The summed E-state index contributed by atoms with van der Waals surface area (Å²) in [4.78, 5) is 37.1. The number of benzene rings is 1. The molecule has 0 saturated carbocycles. The van der Waals surface area contributed by atoms with Crippen molar-refractivity contribution in [1.82, 2.24) is 5.32 Å². The molecule has 0 spiro atoms. The minimum Gasteiger partial charge on any atom is -0.480 e. The van der Waals surface area contributed by atoms with Crippen LogP contribution in [0.2, 0.25) is 0 Å². The van der Waals surface area contributed by atoms with Gasteiger partial charge in [0.05, 0.1) is 11.4 Å². The molecule has 7 heteroatoms. The molecule has 2 amide bonds. The molecule has 0 bridgehead atoms. The minimum atomic E-state index is -1.05. The minimum absolute atomic E-state index is 0.109. The maximum atomic E-state index is 12.3. The van der Waals surface area contributed by atoms with E-state index < -0.39 is 17.9 Å². The number of carbonyl (C=O) groups excluding carboxylic acids is 2. The van der Waals surface area contributed by atoms with Gasteiger partial charge >= 0.3 is 5.97 Å². The summed E-state index contributed by atoms with van der Waals surface area (Å²) in [6.07, 6.45) is 1.40. The van der Waals surface area contributed by atoms with E-state index in [1.54, 1.807) is 18.2 Å². The fourth-order valence-electron chi connectivity index (χ4n) is 2.50. The van der Waals surface area contributed by atoms with Crippen LogP contribution >= 0.6 is 0 Å². The fourth-order valence-corrected chi connectivity index (χ4v) is 2.50. The van der Waals surface area contributed by atoms with Crippen molar-refractivity contribution in [3.8, 4) is 0 Å². The van der Waals surface area contributed by atoms with Gasteiger partial charge in [0.2, 0.25) is 5.91 Å². The predicted octanol–water partition coefficient (Wildman–Crippen LogP) is 1.45. The molecule has 0 radical (unpaired) electrons. The molecule has 0 saturated heterocycles. The average Bonchev–Trinajstić information content (AvgIpc) is 2.65. The monoisotopic (exact) mass is 319 g/mol. The van der Waals surface area contributed by atoms with E-state index in [0.29, 0.717) is 37.1 Å². The molecule has 0 aromatic heterocycles. The van der Waals surface area contributed by atoms with Crippen LogP contribution in [0.15, 0.2) is 18.2 Å². The van der Waals surface area contributed by atoms with E-state index >= 15 is 0 Å². The van der Waals surface area contributed by atoms with E-state index in [4.69, 9.17) is 5.11 Å². The van der Waals surface area contributed by atoms with Crippen LogP contribution < -0.4 is 15.5 Å². The van der Waals surface area contributed by atoms with Crippen LogP contribution in [-0.4, -0.2) is 42.5 Å². The quantitative estimate of drug-likeness (QED) is 0.763. The summed E-state index contributed by atoms with van der Waals surface area (Å²) in [5, 5.41) is 14.4. The Morgan fingerprint density at radius 3 is 2.83 bits per heavy atom. The van der Waals surface area contributed by atoms with Gasteiger partial charge in [0.1, 0.15) is 6.04 Å². The van der Waals surface area contributed by atoms with E-state index in [1.165, 1.54) is 0 Å². The largest absolute Gasteiger partial charge is 0.480 e. The Bertz CT molecular complexity index is 630. The molecular formula is C16H21N3O4. The van der Waals surface area contributed by atoms with Gasteiger partial charge in [-0.3, -0.25) is 9.59 Å². The van der Waals surface area contributed by atoms with Crippen molar-refractivity contribution in [3.63, 3.8) is 0 Å². The van der Waals surface area contributed by atoms with E-state index in [-0.39, 0.29) is 5.91 Å². The summed E-state index contributed by atoms with van der Waals surface area (Å²) in [7, 11) is 1.88. The highest BCUT2D eigenvalue weighted by Gasteiger charge is 2.22. The van der Waals surface area contributed by atoms with E-state index in [0.717, 1.165) is 5.69 Å². The molecule has 3 N–H and O–H groups in total. The van der Waals surface area contributed by atoms with Crippen molar-refractivity contribution in [1.29, 1.82) is 0 Å². The molecule has 7 nitrogen and oxygen atoms in total. The molecule has 0 fully saturated rings. The van der Waals surface area contributed by atoms with Gasteiger partial charge in [0.15, 0.2) is 0 Å². The van der Waals surface area contributed by atoms with Crippen LogP contribution in [0.4, 0.5) is 11.4 Å². The Kier molecular flexibility index (Phi) is 5.20. The number of nitrogens with zero attached hydrogens (tertiary/aromatic N) is 1. The number of nitrogens with one attached hydrogen (secondary N) is 2. The highest BCUT2D eigenvalue weighted by atomic mass is 16.4. The number of carboxylic acid groups (broad SMARTS) is 1. The Labute approximate surface area is 134 Å². The first-order valence-corrected chi connectivity index (χ1v) is 7.61. The molecule has 124 valence electrons. The third-order valence-corrected chi connectivity index (χ3v) is 3.80. The van der Waals surface area contributed by atoms with Crippen molar-refractivity contribution in [2.24, 2.45) is 0 Å². The number of carboxylic acids is 1. The summed E-state index contributed by atoms with van der Waals surface area (Å²) >= 11 is 0. The van der Waals surface area contributed by atoms with Gasteiger partial charge < -0.3 is 20.6 Å². The molecule has 1 heterocycles. The van der Waals surface area contributed by atoms with Gasteiger partial charge in [-0.15, -0.1) is 0 Å². The van der Waals surface area contributed by atoms with E-state index in [9.17, 15) is 14.4 Å². The first-order chi connectivity index (χ1) is 10.9. The average molecular weight is 319 g/mol. The number of carbonyl (C=O) groups is 3. The van der Waals surface area contributed by atoms with Gasteiger partial charge in [-0.05, 0) is 24.6 Å². The van der Waals surface area contributed by atoms with Crippen LogP contribution in [0.25, 0.3) is 0 Å². The summed E-state index contributed by atoms with van der Waals surface area (Å²) in [5.74, 6) is -1.62. The van der Waals surface area contributed by atoms with Crippen LogP contribution in [0, 0.1) is 0 Å². The maximum Gasteiger partial charge on any atom is 0.326 e. The molecule has 1 aromatic rings. The third kappa shape index (κ3) is 4.00. The smallest absolute Gasteiger partial charge is 0.326 e. The predicted molar refractivity (Wildman–Crippen MR) is 86.8 cm³/mol. The third-order valence-electron chi connectivity index (χ3n) is 3.80.